The molecule has 0 bridgehead atoms. The van der Waals surface area contributed by atoms with E-state index in [0.29, 0.717) is 10.0 Å². The predicted molar refractivity (Wildman–Crippen MR) is 67.6 cm³/mol. The largest absolute Gasteiger partial charge is 0.381 e. The van der Waals surface area contributed by atoms with Crippen LogP contribution >= 0.6 is 23.2 Å². The lowest BCUT2D eigenvalue weighted by Gasteiger charge is -2.24. The Morgan fingerprint density at radius 2 is 2.31 bits per heavy atom. The molecule has 0 aliphatic carbocycles. The Balaban J connectivity index is 1.88. The summed E-state index contributed by atoms with van der Waals surface area (Å²) in [6.45, 7) is 3.31. The van der Waals surface area contributed by atoms with Crippen LogP contribution in [-0.4, -0.2) is 32.3 Å². The van der Waals surface area contributed by atoms with Crippen molar-refractivity contribution in [3.05, 3.63) is 28.2 Å². The summed E-state index contributed by atoms with van der Waals surface area (Å²) in [7, 11) is 0. The summed E-state index contributed by atoms with van der Waals surface area (Å²) in [6.07, 6.45) is 0.195. The zero-order valence-corrected chi connectivity index (χ0v) is 10.3. The van der Waals surface area contributed by atoms with Gasteiger partial charge in [-0.25, -0.2) is 0 Å². The van der Waals surface area contributed by atoms with Crippen molar-refractivity contribution in [3.8, 4) is 0 Å². The lowest BCUT2D eigenvalue weighted by atomic mass is 10.2. The second kappa shape index (κ2) is 5.73. The van der Waals surface area contributed by atoms with Crippen LogP contribution in [0.1, 0.15) is 0 Å². The number of nitrogens with one attached hydrogen (secondary N) is 2. The fourth-order valence-electron chi connectivity index (χ4n) is 1.61. The number of morpholine rings is 1. The summed E-state index contributed by atoms with van der Waals surface area (Å²) in [5, 5.41) is 7.81. The smallest absolute Gasteiger partial charge is 0.0872 e. The molecule has 0 aromatic heterocycles. The Bertz CT molecular complexity index is 354. The average molecular weight is 261 g/mol. The number of rotatable bonds is 3. The van der Waals surface area contributed by atoms with Crippen LogP contribution in [0.5, 0.6) is 0 Å². The van der Waals surface area contributed by atoms with Crippen molar-refractivity contribution in [3.63, 3.8) is 0 Å². The summed E-state index contributed by atoms with van der Waals surface area (Å²) >= 11 is 11.9. The molecule has 16 heavy (non-hydrogen) atoms. The molecular formula is C11H14Cl2N2O. The third kappa shape index (κ3) is 3.25. The summed E-state index contributed by atoms with van der Waals surface area (Å²) in [5.74, 6) is 0. The molecule has 3 nitrogen and oxygen atoms in total. The first kappa shape index (κ1) is 12.0. The highest BCUT2D eigenvalue weighted by Gasteiger charge is 2.13. The van der Waals surface area contributed by atoms with E-state index >= 15 is 0 Å². The third-order valence-corrected chi connectivity index (χ3v) is 3.00. The molecule has 0 saturated carbocycles. The van der Waals surface area contributed by atoms with Crippen LogP contribution in [0, 0.1) is 0 Å². The van der Waals surface area contributed by atoms with E-state index in [4.69, 9.17) is 27.9 Å². The number of anilines is 1. The van der Waals surface area contributed by atoms with Gasteiger partial charge in [0.25, 0.3) is 0 Å². The topological polar surface area (TPSA) is 33.3 Å². The molecule has 1 atom stereocenters. The minimum absolute atomic E-state index is 0.195. The minimum atomic E-state index is 0.195. The molecule has 1 aliphatic rings. The van der Waals surface area contributed by atoms with Gasteiger partial charge in [0.15, 0.2) is 0 Å². The van der Waals surface area contributed by atoms with E-state index in [-0.39, 0.29) is 6.10 Å². The second-order valence-corrected chi connectivity index (χ2v) is 4.55. The molecule has 1 saturated heterocycles. The Hall–Kier alpha value is -0.480. The monoisotopic (exact) mass is 260 g/mol. The fourth-order valence-corrected chi connectivity index (χ4v) is 2.08. The van der Waals surface area contributed by atoms with Gasteiger partial charge < -0.3 is 15.4 Å². The van der Waals surface area contributed by atoms with Crippen molar-refractivity contribution >= 4 is 28.9 Å². The van der Waals surface area contributed by atoms with E-state index in [1.54, 1.807) is 6.07 Å². The van der Waals surface area contributed by atoms with Crippen molar-refractivity contribution < 1.29 is 4.74 Å². The van der Waals surface area contributed by atoms with Gasteiger partial charge in [0.2, 0.25) is 0 Å². The molecule has 1 aromatic rings. The number of hydrogen-bond acceptors (Lipinski definition) is 3. The van der Waals surface area contributed by atoms with E-state index in [0.717, 1.165) is 31.9 Å². The summed E-state index contributed by atoms with van der Waals surface area (Å²) in [4.78, 5) is 0. The van der Waals surface area contributed by atoms with Crippen LogP contribution in [-0.2, 0) is 4.74 Å². The maximum absolute atomic E-state index is 6.04. The molecule has 1 aromatic carbocycles. The summed E-state index contributed by atoms with van der Waals surface area (Å²) in [5.41, 5.74) is 0.889. The van der Waals surface area contributed by atoms with Gasteiger partial charge in [-0.1, -0.05) is 23.2 Å². The highest BCUT2D eigenvalue weighted by molar-refractivity contribution is 6.36. The second-order valence-electron chi connectivity index (χ2n) is 3.70. The first-order valence-electron chi connectivity index (χ1n) is 5.27. The van der Waals surface area contributed by atoms with Crippen molar-refractivity contribution in [1.29, 1.82) is 0 Å². The number of ether oxygens (including phenoxy) is 1. The predicted octanol–water partition coefficient (Wildman–Crippen LogP) is 2.39. The van der Waals surface area contributed by atoms with Gasteiger partial charge in [-0.05, 0) is 18.2 Å². The Morgan fingerprint density at radius 1 is 1.44 bits per heavy atom. The van der Waals surface area contributed by atoms with Crippen LogP contribution < -0.4 is 10.6 Å². The Morgan fingerprint density at radius 3 is 3.00 bits per heavy atom. The molecule has 1 unspecified atom stereocenters. The lowest BCUT2D eigenvalue weighted by molar-refractivity contribution is 0.0372. The first-order valence-corrected chi connectivity index (χ1v) is 6.02. The van der Waals surface area contributed by atoms with E-state index < -0.39 is 0 Å². The molecule has 0 spiro atoms. The summed E-state index contributed by atoms with van der Waals surface area (Å²) < 4.78 is 5.57. The van der Waals surface area contributed by atoms with Gasteiger partial charge in [0.05, 0.1) is 23.4 Å². The zero-order chi connectivity index (χ0) is 11.4. The fraction of sp³-hybridized carbons (Fsp3) is 0.455. The van der Waals surface area contributed by atoms with Crippen molar-refractivity contribution in [1.82, 2.24) is 5.32 Å². The van der Waals surface area contributed by atoms with E-state index in [1.807, 2.05) is 12.1 Å². The molecule has 1 fully saturated rings. The van der Waals surface area contributed by atoms with Gasteiger partial charge in [0.1, 0.15) is 0 Å². The Kier molecular flexibility index (Phi) is 4.29. The number of hydrogen-bond donors (Lipinski definition) is 2. The standard InChI is InChI=1S/C11H14Cl2N2O/c12-8-1-2-11(10(13)5-8)15-7-9-6-14-3-4-16-9/h1-2,5,9,14-15H,3-4,6-7H2. The Labute approximate surface area is 105 Å². The van der Waals surface area contributed by atoms with Crippen LogP contribution in [0.15, 0.2) is 18.2 Å². The van der Waals surface area contributed by atoms with Gasteiger partial charge in [-0.2, -0.15) is 0 Å². The highest BCUT2D eigenvalue weighted by Crippen LogP contribution is 2.25. The molecule has 2 N–H and O–H groups in total. The first-order chi connectivity index (χ1) is 7.75. The van der Waals surface area contributed by atoms with Crippen LogP contribution in [0.25, 0.3) is 0 Å². The van der Waals surface area contributed by atoms with Crippen molar-refractivity contribution in [2.24, 2.45) is 0 Å². The minimum Gasteiger partial charge on any atom is -0.381 e. The number of benzene rings is 1. The van der Waals surface area contributed by atoms with Gasteiger partial charge in [0, 0.05) is 24.7 Å². The van der Waals surface area contributed by atoms with E-state index in [1.165, 1.54) is 0 Å². The van der Waals surface area contributed by atoms with Crippen molar-refractivity contribution in [2.45, 2.75) is 6.10 Å². The third-order valence-electron chi connectivity index (χ3n) is 2.46. The van der Waals surface area contributed by atoms with E-state index in [9.17, 15) is 0 Å². The average Bonchev–Trinajstić information content (AvgIpc) is 2.29. The van der Waals surface area contributed by atoms with Crippen molar-refractivity contribution in [2.75, 3.05) is 31.6 Å². The highest BCUT2D eigenvalue weighted by atomic mass is 35.5. The zero-order valence-electron chi connectivity index (χ0n) is 8.80. The molecule has 0 radical (unpaired) electrons. The van der Waals surface area contributed by atoms with Gasteiger partial charge >= 0.3 is 0 Å². The molecule has 2 rings (SSSR count). The molecular weight excluding hydrogens is 247 g/mol. The maximum atomic E-state index is 6.04. The quantitative estimate of drug-likeness (QED) is 0.876. The SMILES string of the molecule is Clc1ccc(NCC2CNCCO2)c(Cl)c1. The van der Waals surface area contributed by atoms with Gasteiger partial charge in [-0.15, -0.1) is 0 Å². The molecule has 88 valence electrons. The lowest BCUT2D eigenvalue weighted by Crippen LogP contribution is -2.42. The summed E-state index contributed by atoms with van der Waals surface area (Å²) in [6, 6.07) is 5.42. The van der Waals surface area contributed by atoms with Gasteiger partial charge in [-0.3, -0.25) is 0 Å². The molecule has 1 aliphatic heterocycles. The molecule has 0 amide bonds. The van der Waals surface area contributed by atoms with E-state index in [2.05, 4.69) is 10.6 Å². The molecule has 5 heteroatoms. The van der Waals surface area contributed by atoms with Crippen LogP contribution in [0.2, 0.25) is 10.0 Å². The van der Waals surface area contributed by atoms with Crippen LogP contribution in [0.3, 0.4) is 0 Å². The van der Waals surface area contributed by atoms with Crippen LogP contribution in [0.4, 0.5) is 5.69 Å². The normalized spacial score (nSPS) is 20.8. The molecule has 1 heterocycles. The number of halogens is 2. The maximum Gasteiger partial charge on any atom is 0.0872 e.